The highest BCUT2D eigenvalue weighted by atomic mass is 35.5. The van der Waals surface area contributed by atoms with Crippen LogP contribution in [0.4, 0.5) is 0 Å². The predicted molar refractivity (Wildman–Crippen MR) is 91.6 cm³/mol. The Morgan fingerprint density at radius 2 is 2.12 bits per heavy atom. The first kappa shape index (κ1) is 19.1. The van der Waals surface area contributed by atoms with Crippen LogP contribution in [0, 0.1) is 6.92 Å². The van der Waals surface area contributed by atoms with Crippen LogP contribution in [0.25, 0.3) is 11.0 Å². The van der Waals surface area contributed by atoms with Crippen molar-refractivity contribution in [3.63, 3.8) is 0 Å². The van der Waals surface area contributed by atoms with Gasteiger partial charge in [0, 0.05) is 28.5 Å². The molecule has 1 saturated heterocycles. The zero-order chi connectivity index (χ0) is 16.8. The molecule has 1 aliphatic rings. The van der Waals surface area contributed by atoms with Crippen LogP contribution >= 0.6 is 24.0 Å². The molecule has 2 N–H and O–H groups in total. The summed E-state index contributed by atoms with van der Waals surface area (Å²) in [5, 5.41) is 14.8. The van der Waals surface area contributed by atoms with Gasteiger partial charge in [-0.25, -0.2) is 13.2 Å². The minimum absolute atomic E-state index is 0. The van der Waals surface area contributed by atoms with E-state index in [2.05, 4.69) is 0 Å². The molecule has 0 saturated carbocycles. The Labute approximate surface area is 150 Å². The van der Waals surface area contributed by atoms with Crippen LogP contribution in [0.15, 0.2) is 21.3 Å². The summed E-state index contributed by atoms with van der Waals surface area (Å²) in [6.45, 7) is 1.97. The van der Waals surface area contributed by atoms with Crippen molar-refractivity contribution in [1.29, 1.82) is 0 Å². The first-order valence-corrected chi connectivity index (χ1v) is 9.43. The molecule has 3 rings (SSSR count). The molecule has 0 aliphatic carbocycles. The van der Waals surface area contributed by atoms with Crippen LogP contribution in [0.5, 0.6) is 5.75 Å². The Morgan fingerprint density at radius 1 is 1.42 bits per heavy atom. The van der Waals surface area contributed by atoms with Crippen LogP contribution in [-0.4, -0.2) is 26.0 Å². The average Bonchev–Trinajstić information content (AvgIpc) is 2.80. The van der Waals surface area contributed by atoms with E-state index in [9.17, 15) is 18.3 Å². The van der Waals surface area contributed by atoms with E-state index in [1.54, 1.807) is 12.2 Å². The molecule has 1 aromatic heterocycles. The van der Waals surface area contributed by atoms with Crippen LogP contribution in [-0.2, 0) is 16.4 Å². The third-order valence-corrected chi connectivity index (χ3v) is 6.24. The van der Waals surface area contributed by atoms with Gasteiger partial charge in [0.25, 0.3) is 0 Å². The van der Waals surface area contributed by atoms with Crippen molar-refractivity contribution in [2.45, 2.75) is 25.9 Å². The number of rotatable bonds is 3. The number of quaternary nitrogens is 1. The van der Waals surface area contributed by atoms with E-state index in [4.69, 9.17) is 16.0 Å². The molecule has 9 heteroatoms. The smallest absolute Gasteiger partial charge is 0.336 e. The van der Waals surface area contributed by atoms with Crippen molar-refractivity contribution >= 4 is 44.8 Å². The van der Waals surface area contributed by atoms with E-state index in [-0.39, 0.29) is 52.9 Å². The number of aryl methyl sites for hydroxylation is 1. The van der Waals surface area contributed by atoms with Gasteiger partial charge in [-0.15, -0.1) is 12.4 Å². The zero-order valence-electron chi connectivity index (χ0n) is 12.9. The van der Waals surface area contributed by atoms with Gasteiger partial charge in [0.1, 0.15) is 23.9 Å². The molecule has 1 aromatic carbocycles. The highest BCUT2D eigenvalue weighted by Gasteiger charge is 2.30. The predicted octanol–water partition coefficient (Wildman–Crippen LogP) is 0.501. The van der Waals surface area contributed by atoms with E-state index in [0.29, 0.717) is 22.9 Å². The van der Waals surface area contributed by atoms with Gasteiger partial charge in [-0.3, -0.25) is 0 Å². The number of fused-ring (bicyclic) bond motifs is 1. The maximum Gasteiger partial charge on any atom is 0.336 e. The summed E-state index contributed by atoms with van der Waals surface area (Å²) in [5.74, 6) is -0.115. The fraction of sp³-hybridized carbons (Fsp3) is 0.400. The number of benzene rings is 1. The van der Waals surface area contributed by atoms with Crippen LogP contribution < -0.4 is 16.0 Å². The van der Waals surface area contributed by atoms with E-state index in [1.165, 1.54) is 12.1 Å². The quantitative estimate of drug-likeness (QED) is 0.764. The minimum Gasteiger partial charge on any atom is -0.871 e. The first-order chi connectivity index (χ1) is 10.8. The van der Waals surface area contributed by atoms with Crippen LogP contribution in [0.1, 0.15) is 17.5 Å². The molecule has 1 fully saturated rings. The van der Waals surface area contributed by atoms with Gasteiger partial charge in [0.05, 0.1) is 5.75 Å². The second-order valence-corrected chi connectivity index (χ2v) is 8.53. The van der Waals surface area contributed by atoms with Crippen molar-refractivity contribution in [2.24, 2.45) is 0 Å². The topological polar surface area (TPSA) is 104 Å². The molecule has 1 aliphatic heterocycles. The summed E-state index contributed by atoms with van der Waals surface area (Å²) < 4.78 is 28.2. The second-order valence-electron chi connectivity index (χ2n) is 5.89. The molecule has 6 nitrogen and oxygen atoms in total. The average molecular weight is 394 g/mol. The SMILES string of the molecule is Cc1cc(=O)oc2c(C[NH2+]C3CCS(=O)(=O)C3)c([O-])c(Cl)cc12.Cl. The lowest BCUT2D eigenvalue weighted by Gasteiger charge is -2.18. The number of hydrogen-bond donors (Lipinski definition) is 1. The van der Waals surface area contributed by atoms with Crippen molar-refractivity contribution in [3.8, 4) is 5.75 Å². The molecule has 132 valence electrons. The van der Waals surface area contributed by atoms with E-state index in [1.807, 2.05) is 0 Å². The molecule has 2 aromatic rings. The molecule has 24 heavy (non-hydrogen) atoms. The van der Waals surface area contributed by atoms with E-state index in [0.717, 1.165) is 0 Å². The molecule has 1 atom stereocenters. The van der Waals surface area contributed by atoms with Gasteiger partial charge >= 0.3 is 5.63 Å². The molecule has 0 spiro atoms. The Morgan fingerprint density at radius 3 is 2.75 bits per heavy atom. The van der Waals surface area contributed by atoms with E-state index < -0.39 is 15.5 Å². The summed E-state index contributed by atoms with van der Waals surface area (Å²) in [6, 6.07) is 2.76. The lowest BCUT2D eigenvalue weighted by Crippen LogP contribution is -2.89. The fourth-order valence-electron chi connectivity index (χ4n) is 2.94. The van der Waals surface area contributed by atoms with Crippen molar-refractivity contribution in [3.05, 3.63) is 38.7 Å². The Bertz CT molecular complexity index is 939. The summed E-state index contributed by atoms with van der Waals surface area (Å²) >= 11 is 6.00. The van der Waals surface area contributed by atoms with Crippen molar-refractivity contribution in [1.82, 2.24) is 0 Å². The van der Waals surface area contributed by atoms with Gasteiger partial charge in [-0.2, -0.15) is 0 Å². The molecular weight excluding hydrogens is 377 g/mol. The minimum atomic E-state index is -2.98. The normalized spacial score (nSPS) is 19.3. The Balaban J connectivity index is 0.00000208. The fourth-order valence-corrected chi connectivity index (χ4v) is 4.95. The number of hydrogen-bond acceptors (Lipinski definition) is 5. The largest absolute Gasteiger partial charge is 0.871 e. The molecule has 0 radical (unpaired) electrons. The van der Waals surface area contributed by atoms with Gasteiger partial charge in [0.2, 0.25) is 0 Å². The zero-order valence-corrected chi connectivity index (χ0v) is 15.3. The summed E-state index contributed by atoms with van der Waals surface area (Å²) in [6.07, 6.45) is 0.554. The van der Waals surface area contributed by atoms with Gasteiger partial charge in [0.15, 0.2) is 9.84 Å². The van der Waals surface area contributed by atoms with E-state index >= 15 is 0 Å². The monoisotopic (exact) mass is 393 g/mol. The van der Waals surface area contributed by atoms with Crippen LogP contribution in [0.2, 0.25) is 5.02 Å². The summed E-state index contributed by atoms with van der Waals surface area (Å²) in [5.41, 5.74) is 0.698. The lowest BCUT2D eigenvalue weighted by atomic mass is 10.1. The lowest BCUT2D eigenvalue weighted by molar-refractivity contribution is -0.699. The van der Waals surface area contributed by atoms with Crippen LogP contribution in [0.3, 0.4) is 0 Å². The maximum absolute atomic E-state index is 12.3. The third-order valence-electron chi connectivity index (χ3n) is 4.17. The third kappa shape index (κ3) is 3.69. The number of nitrogens with two attached hydrogens (primary N) is 1. The summed E-state index contributed by atoms with van der Waals surface area (Å²) in [7, 11) is -2.98. The molecule has 2 heterocycles. The van der Waals surface area contributed by atoms with Crippen molar-refractivity contribution < 1.29 is 23.3 Å². The highest BCUT2D eigenvalue weighted by molar-refractivity contribution is 7.91. The first-order valence-electron chi connectivity index (χ1n) is 7.23. The van der Waals surface area contributed by atoms with Gasteiger partial charge < -0.3 is 14.8 Å². The van der Waals surface area contributed by atoms with Crippen molar-refractivity contribution in [2.75, 3.05) is 11.5 Å². The second kappa shape index (κ2) is 6.92. The molecule has 1 unspecified atom stereocenters. The standard InChI is InChI=1S/C15H16ClNO5S.ClH/c1-8-4-13(18)22-15-10(8)5-12(16)14(19)11(15)6-17-9-2-3-23(20,21)7-9;/h4-5,9,17,19H,2-3,6-7H2,1H3;1H. The number of sulfone groups is 1. The highest BCUT2D eigenvalue weighted by Crippen LogP contribution is 2.32. The molecule has 0 amide bonds. The number of halogens is 2. The maximum atomic E-state index is 12.3. The Kier molecular flexibility index (Phi) is 5.49. The summed E-state index contributed by atoms with van der Waals surface area (Å²) in [4.78, 5) is 11.6. The van der Waals surface area contributed by atoms with Gasteiger partial charge in [-0.05, 0) is 18.6 Å². The molecular formula is C15H17Cl2NO5S. The molecule has 0 bridgehead atoms. The Hall–Kier alpha value is -1.28. The van der Waals surface area contributed by atoms with Gasteiger partial charge in [-0.1, -0.05) is 17.4 Å².